The molecular weight excluding hydrogens is 328 g/mol. The maximum Gasteiger partial charge on any atom is 0.325 e. The van der Waals surface area contributed by atoms with Crippen LogP contribution in [0, 0.1) is 0 Å². The Morgan fingerprint density at radius 2 is 2.28 bits per heavy atom. The highest BCUT2D eigenvalue weighted by molar-refractivity contribution is 5.99. The third-order valence-electron chi connectivity index (χ3n) is 3.53. The minimum Gasteiger partial charge on any atom is -0.497 e. The van der Waals surface area contributed by atoms with Gasteiger partial charge in [-0.25, -0.2) is 4.68 Å². The number of hydrogen-bond acceptors (Lipinski definition) is 6. The van der Waals surface area contributed by atoms with E-state index in [1.54, 1.807) is 31.4 Å². The molecule has 0 radical (unpaired) electrons. The molecule has 2 N–H and O–H groups in total. The summed E-state index contributed by atoms with van der Waals surface area (Å²) >= 11 is 0. The van der Waals surface area contributed by atoms with Crippen LogP contribution in [0.5, 0.6) is 11.5 Å². The van der Waals surface area contributed by atoms with Crippen LogP contribution in [0.15, 0.2) is 30.0 Å². The maximum absolute atomic E-state index is 12.3. The summed E-state index contributed by atoms with van der Waals surface area (Å²) < 4.78 is 11.9. The number of hydrogen-bond donors (Lipinski definition) is 2. The lowest BCUT2D eigenvalue weighted by molar-refractivity contribution is -0.137. The molecule has 9 heteroatoms. The maximum atomic E-state index is 12.3. The Morgan fingerprint density at radius 1 is 1.44 bits per heavy atom. The Labute approximate surface area is 142 Å². The van der Waals surface area contributed by atoms with Gasteiger partial charge in [0, 0.05) is 5.56 Å². The molecule has 2 aromatic rings. The lowest BCUT2D eigenvalue weighted by Crippen LogP contribution is -2.28. The molecule has 1 aliphatic rings. The van der Waals surface area contributed by atoms with Crippen molar-refractivity contribution in [3.05, 3.63) is 41.2 Å². The highest BCUT2D eigenvalue weighted by Crippen LogP contribution is 2.29. The molecule has 0 aliphatic carbocycles. The van der Waals surface area contributed by atoms with Gasteiger partial charge in [-0.3, -0.25) is 9.59 Å². The topological polar surface area (TPSA) is 116 Å². The minimum atomic E-state index is -1.01. The number of methoxy groups -OCH3 is 1. The van der Waals surface area contributed by atoms with E-state index in [9.17, 15) is 9.59 Å². The predicted molar refractivity (Wildman–Crippen MR) is 86.0 cm³/mol. The summed E-state index contributed by atoms with van der Waals surface area (Å²) in [4.78, 5) is 22.9. The first-order chi connectivity index (χ1) is 12.0. The molecule has 1 aromatic carbocycles. The second-order valence-electron chi connectivity index (χ2n) is 5.35. The van der Waals surface area contributed by atoms with E-state index in [4.69, 9.17) is 14.6 Å². The number of fused-ring (bicyclic) bond motifs is 1. The van der Waals surface area contributed by atoms with Crippen molar-refractivity contribution in [3.8, 4) is 11.5 Å². The normalized spacial score (nSPS) is 12.6. The van der Waals surface area contributed by atoms with Gasteiger partial charge in [0.15, 0.2) is 0 Å². The number of ether oxygens (including phenoxy) is 2. The molecule has 0 saturated carbocycles. The number of rotatable bonds is 6. The van der Waals surface area contributed by atoms with E-state index in [0.717, 1.165) is 5.56 Å². The van der Waals surface area contributed by atoms with Gasteiger partial charge in [0.05, 0.1) is 25.4 Å². The molecule has 1 aromatic heterocycles. The van der Waals surface area contributed by atoms with Crippen molar-refractivity contribution in [1.82, 2.24) is 20.3 Å². The van der Waals surface area contributed by atoms with Crippen LogP contribution in [0.2, 0.25) is 0 Å². The van der Waals surface area contributed by atoms with Gasteiger partial charge >= 0.3 is 5.97 Å². The van der Waals surface area contributed by atoms with Gasteiger partial charge in [-0.05, 0) is 24.3 Å². The second kappa shape index (κ2) is 7.04. The Hall–Kier alpha value is -3.36. The molecular formula is C16H16N4O5. The average molecular weight is 344 g/mol. The van der Waals surface area contributed by atoms with E-state index < -0.39 is 5.97 Å². The number of amides is 1. The highest BCUT2D eigenvalue weighted by Gasteiger charge is 2.18. The molecule has 9 nitrogen and oxygen atoms in total. The molecule has 0 spiro atoms. The van der Waals surface area contributed by atoms with E-state index in [1.807, 2.05) is 0 Å². The second-order valence-corrected chi connectivity index (χ2v) is 5.35. The number of carboxylic acid groups (broad SMARTS) is 1. The van der Waals surface area contributed by atoms with Gasteiger partial charge in [0.25, 0.3) is 5.91 Å². The number of benzene rings is 1. The predicted octanol–water partition coefficient (Wildman–Crippen LogP) is 0.463. The van der Waals surface area contributed by atoms with E-state index in [-0.39, 0.29) is 25.6 Å². The SMILES string of the molecule is COc1ccc2c(c1)C=C(C(=O)NCc1cn(CC(=O)O)nn1)CO2. The van der Waals surface area contributed by atoms with Crippen LogP contribution < -0.4 is 14.8 Å². The number of nitrogens with zero attached hydrogens (tertiary/aromatic N) is 3. The lowest BCUT2D eigenvalue weighted by atomic mass is 10.1. The molecule has 130 valence electrons. The van der Waals surface area contributed by atoms with Gasteiger partial charge in [0.2, 0.25) is 0 Å². The Bertz CT molecular complexity index is 843. The van der Waals surface area contributed by atoms with Crippen LogP contribution in [0.1, 0.15) is 11.3 Å². The van der Waals surface area contributed by atoms with Gasteiger partial charge in [-0.15, -0.1) is 5.10 Å². The third kappa shape index (κ3) is 3.94. The zero-order valence-corrected chi connectivity index (χ0v) is 13.4. The first-order valence-electron chi connectivity index (χ1n) is 7.45. The summed E-state index contributed by atoms with van der Waals surface area (Å²) in [7, 11) is 1.57. The summed E-state index contributed by atoms with van der Waals surface area (Å²) in [6.45, 7) is 0.0240. The number of carbonyl (C=O) groups is 2. The van der Waals surface area contributed by atoms with Crippen LogP contribution in [0.4, 0.5) is 0 Å². The third-order valence-corrected chi connectivity index (χ3v) is 3.53. The first-order valence-corrected chi connectivity index (χ1v) is 7.45. The Kier molecular flexibility index (Phi) is 4.64. The monoisotopic (exact) mass is 344 g/mol. The van der Waals surface area contributed by atoms with Crippen molar-refractivity contribution in [2.24, 2.45) is 0 Å². The van der Waals surface area contributed by atoms with Gasteiger partial charge in [-0.2, -0.15) is 0 Å². The largest absolute Gasteiger partial charge is 0.497 e. The number of aromatic nitrogens is 3. The molecule has 0 fully saturated rings. The molecule has 0 atom stereocenters. The fraction of sp³-hybridized carbons (Fsp3) is 0.250. The Morgan fingerprint density at radius 3 is 3.04 bits per heavy atom. The molecule has 0 unspecified atom stereocenters. The number of carbonyl (C=O) groups excluding carboxylic acids is 1. The van der Waals surface area contributed by atoms with Gasteiger partial charge in [-0.1, -0.05) is 5.21 Å². The van der Waals surface area contributed by atoms with Gasteiger partial charge in [0.1, 0.15) is 30.3 Å². The van der Waals surface area contributed by atoms with Crippen LogP contribution in [-0.2, 0) is 22.7 Å². The fourth-order valence-electron chi connectivity index (χ4n) is 2.33. The quantitative estimate of drug-likeness (QED) is 0.782. The van der Waals surface area contributed by atoms with Crippen molar-refractivity contribution in [3.63, 3.8) is 0 Å². The molecule has 3 rings (SSSR count). The van der Waals surface area contributed by atoms with Crippen molar-refractivity contribution in [2.75, 3.05) is 13.7 Å². The molecule has 0 bridgehead atoms. The minimum absolute atomic E-state index is 0.140. The zero-order valence-electron chi connectivity index (χ0n) is 13.4. The van der Waals surface area contributed by atoms with E-state index in [1.165, 1.54) is 10.9 Å². The van der Waals surface area contributed by atoms with Crippen LogP contribution in [0.3, 0.4) is 0 Å². The fourth-order valence-corrected chi connectivity index (χ4v) is 2.33. The van der Waals surface area contributed by atoms with Crippen LogP contribution in [-0.4, -0.2) is 45.7 Å². The summed E-state index contributed by atoms with van der Waals surface area (Å²) in [6, 6.07) is 5.37. The van der Waals surface area contributed by atoms with Crippen molar-refractivity contribution >= 4 is 18.0 Å². The van der Waals surface area contributed by atoms with Gasteiger partial charge < -0.3 is 19.9 Å². The lowest BCUT2D eigenvalue weighted by Gasteiger charge is -2.18. The number of carboxylic acids is 1. The highest BCUT2D eigenvalue weighted by atomic mass is 16.5. The summed E-state index contributed by atoms with van der Waals surface area (Å²) in [5, 5.41) is 18.9. The summed E-state index contributed by atoms with van der Waals surface area (Å²) in [5.41, 5.74) is 1.70. The number of aliphatic carboxylic acids is 1. The van der Waals surface area contributed by atoms with Crippen LogP contribution >= 0.6 is 0 Å². The molecule has 1 amide bonds. The van der Waals surface area contributed by atoms with Crippen molar-refractivity contribution in [2.45, 2.75) is 13.1 Å². The van der Waals surface area contributed by atoms with Crippen molar-refractivity contribution < 1.29 is 24.2 Å². The zero-order chi connectivity index (χ0) is 17.8. The smallest absolute Gasteiger partial charge is 0.325 e. The molecule has 2 heterocycles. The van der Waals surface area contributed by atoms with Crippen LogP contribution in [0.25, 0.3) is 6.08 Å². The van der Waals surface area contributed by atoms with E-state index in [2.05, 4.69) is 15.6 Å². The van der Waals surface area contributed by atoms with E-state index >= 15 is 0 Å². The summed E-state index contributed by atoms with van der Waals surface area (Å²) in [5.74, 6) is 0.0598. The average Bonchev–Trinajstić information content (AvgIpc) is 3.05. The van der Waals surface area contributed by atoms with Crippen molar-refractivity contribution in [1.29, 1.82) is 0 Å². The Balaban J connectivity index is 1.64. The van der Waals surface area contributed by atoms with E-state index in [0.29, 0.717) is 22.8 Å². The first kappa shape index (κ1) is 16.5. The molecule has 0 saturated heterocycles. The standard InChI is InChI=1S/C16H16N4O5/c1-24-13-2-3-14-10(5-13)4-11(9-25-14)16(23)17-6-12-7-20(19-18-12)8-15(21)22/h2-5,7H,6,8-9H2,1H3,(H,17,23)(H,21,22). The number of nitrogens with one attached hydrogen (secondary N) is 1. The molecule has 1 aliphatic heterocycles. The summed E-state index contributed by atoms with van der Waals surface area (Å²) in [6.07, 6.45) is 3.22. The molecule has 25 heavy (non-hydrogen) atoms.